The molecule has 0 saturated heterocycles. The summed E-state index contributed by atoms with van der Waals surface area (Å²) in [5, 5.41) is 4.35. The number of ether oxygens (including phenoxy) is 1. The fraction of sp³-hybridized carbons (Fsp3) is 0.105. The van der Waals surface area contributed by atoms with Gasteiger partial charge in [0.1, 0.15) is 5.75 Å². The maximum absolute atomic E-state index is 5.16. The van der Waals surface area contributed by atoms with Gasteiger partial charge in [-0.25, -0.2) is 0 Å². The van der Waals surface area contributed by atoms with Crippen molar-refractivity contribution in [1.29, 1.82) is 0 Å². The van der Waals surface area contributed by atoms with Crippen LogP contribution in [0.2, 0.25) is 0 Å². The molecule has 1 heterocycles. The van der Waals surface area contributed by atoms with Crippen molar-refractivity contribution in [3.05, 3.63) is 83.7 Å². The van der Waals surface area contributed by atoms with E-state index in [0.29, 0.717) is 0 Å². The summed E-state index contributed by atoms with van der Waals surface area (Å²) < 4.78 is 7.04. The first kappa shape index (κ1) is 14.0. The molecule has 0 spiro atoms. The van der Waals surface area contributed by atoms with Gasteiger partial charge in [-0.1, -0.05) is 42.2 Å². The van der Waals surface area contributed by atoms with Crippen LogP contribution < -0.4 is 4.74 Å². The van der Waals surface area contributed by atoms with Gasteiger partial charge >= 0.3 is 0 Å². The lowest BCUT2D eigenvalue weighted by Gasteiger charge is -2.03. The van der Waals surface area contributed by atoms with E-state index in [1.165, 1.54) is 5.56 Å². The molecule has 0 aliphatic carbocycles. The molecule has 0 unspecified atom stereocenters. The number of nitrogens with zero attached hydrogens (tertiary/aromatic N) is 2. The Labute approximate surface area is 130 Å². The van der Waals surface area contributed by atoms with Gasteiger partial charge in [0.2, 0.25) is 0 Å². The lowest BCUT2D eigenvalue weighted by atomic mass is 10.2. The minimum absolute atomic E-state index is 0.719. The van der Waals surface area contributed by atoms with Gasteiger partial charge < -0.3 is 4.74 Å². The molecule has 0 aliphatic heterocycles. The summed E-state index contributed by atoms with van der Waals surface area (Å²) >= 11 is 0. The molecule has 22 heavy (non-hydrogen) atoms. The zero-order valence-electron chi connectivity index (χ0n) is 12.4. The predicted octanol–water partition coefficient (Wildman–Crippen LogP) is 3.34. The minimum Gasteiger partial charge on any atom is -0.497 e. The summed E-state index contributed by atoms with van der Waals surface area (Å²) in [5.41, 5.74) is 3.09. The molecule has 3 heteroatoms. The van der Waals surface area contributed by atoms with E-state index >= 15 is 0 Å². The Morgan fingerprint density at radius 1 is 0.955 bits per heavy atom. The molecule has 0 bridgehead atoms. The second-order valence-corrected chi connectivity index (χ2v) is 4.89. The first-order chi connectivity index (χ1) is 10.8. The molecule has 3 aromatic rings. The van der Waals surface area contributed by atoms with Crippen LogP contribution in [0, 0.1) is 11.8 Å². The number of aromatic nitrogens is 2. The molecule has 108 valence electrons. The highest BCUT2D eigenvalue weighted by molar-refractivity contribution is 5.41. The Bertz CT molecular complexity index is 793. The molecular weight excluding hydrogens is 272 g/mol. The summed E-state index contributed by atoms with van der Waals surface area (Å²) in [6.07, 6.45) is 3.75. The zero-order valence-corrected chi connectivity index (χ0v) is 12.4. The van der Waals surface area contributed by atoms with Gasteiger partial charge in [0, 0.05) is 11.8 Å². The lowest BCUT2D eigenvalue weighted by molar-refractivity contribution is 0.414. The van der Waals surface area contributed by atoms with Crippen molar-refractivity contribution < 1.29 is 4.74 Å². The first-order valence-corrected chi connectivity index (χ1v) is 7.06. The van der Waals surface area contributed by atoms with Crippen LogP contribution in [0.1, 0.15) is 16.7 Å². The molecule has 0 radical (unpaired) electrons. The van der Waals surface area contributed by atoms with Crippen molar-refractivity contribution in [2.45, 2.75) is 6.54 Å². The number of rotatable bonds is 3. The van der Waals surface area contributed by atoms with E-state index in [-0.39, 0.29) is 0 Å². The van der Waals surface area contributed by atoms with Gasteiger partial charge in [-0.15, -0.1) is 0 Å². The predicted molar refractivity (Wildman–Crippen MR) is 86.7 cm³/mol. The van der Waals surface area contributed by atoms with Crippen molar-refractivity contribution in [2.75, 3.05) is 7.11 Å². The molecule has 1 aromatic heterocycles. The first-order valence-electron chi connectivity index (χ1n) is 7.06. The Hall–Kier alpha value is -2.99. The van der Waals surface area contributed by atoms with Crippen molar-refractivity contribution >= 4 is 0 Å². The van der Waals surface area contributed by atoms with E-state index in [1.807, 2.05) is 65.5 Å². The Balaban J connectivity index is 1.70. The van der Waals surface area contributed by atoms with Gasteiger partial charge in [-0.2, -0.15) is 5.10 Å². The van der Waals surface area contributed by atoms with Crippen molar-refractivity contribution in [3.63, 3.8) is 0 Å². The van der Waals surface area contributed by atoms with E-state index in [0.717, 1.165) is 23.4 Å². The van der Waals surface area contributed by atoms with Crippen LogP contribution in [0.3, 0.4) is 0 Å². The monoisotopic (exact) mass is 288 g/mol. The molecule has 0 N–H and O–H groups in total. The third-order valence-electron chi connectivity index (χ3n) is 3.26. The average molecular weight is 288 g/mol. The fourth-order valence-electron chi connectivity index (χ4n) is 2.10. The van der Waals surface area contributed by atoms with E-state index in [4.69, 9.17) is 4.74 Å². The largest absolute Gasteiger partial charge is 0.497 e. The fourth-order valence-corrected chi connectivity index (χ4v) is 2.10. The standard InChI is InChI=1S/C19H16N2O/c1-22-19-11-9-17(10-12-19)14-21-15-18(13-20-21)8-7-16-5-3-2-4-6-16/h2-6,9-13,15H,14H2,1H3. The van der Waals surface area contributed by atoms with Crippen LogP contribution in [0.4, 0.5) is 0 Å². The van der Waals surface area contributed by atoms with Gasteiger partial charge in [0.05, 0.1) is 25.4 Å². The number of methoxy groups -OCH3 is 1. The second-order valence-electron chi connectivity index (χ2n) is 4.89. The van der Waals surface area contributed by atoms with Crippen LogP contribution in [0.15, 0.2) is 67.0 Å². The highest BCUT2D eigenvalue weighted by Gasteiger charge is 1.99. The summed E-state index contributed by atoms with van der Waals surface area (Å²) in [7, 11) is 1.67. The van der Waals surface area contributed by atoms with Crippen molar-refractivity contribution in [3.8, 4) is 17.6 Å². The Morgan fingerprint density at radius 2 is 1.68 bits per heavy atom. The number of benzene rings is 2. The van der Waals surface area contributed by atoms with Crippen molar-refractivity contribution in [2.24, 2.45) is 0 Å². The third kappa shape index (κ3) is 3.56. The minimum atomic E-state index is 0.719. The van der Waals surface area contributed by atoms with Gasteiger partial charge in [-0.3, -0.25) is 4.68 Å². The SMILES string of the molecule is COc1ccc(Cn2cc(C#Cc3ccccc3)cn2)cc1. The van der Waals surface area contributed by atoms with E-state index in [1.54, 1.807) is 13.3 Å². The van der Waals surface area contributed by atoms with Crippen LogP contribution in [-0.2, 0) is 6.54 Å². The maximum Gasteiger partial charge on any atom is 0.118 e. The van der Waals surface area contributed by atoms with E-state index in [2.05, 4.69) is 16.9 Å². The Morgan fingerprint density at radius 3 is 2.41 bits per heavy atom. The van der Waals surface area contributed by atoms with E-state index in [9.17, 15) is 0 Å². The quantitative estimate of drug-likeness (QED) is 0.691. The second kappa shape index (κ2) is 6.64. The highest BCUT2D eigenvalue weighted by Crippen LogP contribution is 2.12. The summed E-state index contributed by atoms with van der Waals surface area (Å²) in [5.74, 6) is 7.13. The molecule has 3 nitrogen and oxygen atoms in total. The number of hydrogen-bond acceptors (Lipinski definition) is 2. The normalized spacial score (nSPS) is 9.86. The average Bonchev–Trinajstić information content (AvgIpc) is 3.02. The third-order valence-corrected chi connectivity index (χ3v) is 3.26. The summed E-state index contributed by atoms with van der Waals surface area (Å²) in [6.45, 7) is 0.719. The smallest absolute Gasteiger partial charge is 0.118 e. The van der Waals surface area contributed by atoms with Crippen LogP contribution in [-0.4, -0.2) is 16.9 Å². The molecule has 2 aromatic carbocycles. The van der Waals surface area contributed by atoms with Gasteiger partial charge in [0.15, 0.2) is 0 Å². The van der Waals surface area contributed by atoms with E-state index < -0.39 is 0 Å². The molecule has 3 rings (SSSR count). The topological polar surface area (TPSA) is 27.1 Å². The zero-order chi connectivity index (χ0) is 15.2. The summed E-state index contributed by atoms with van der Waals surface area (Å²) in [4.78, 5) is 0. The van der Waals surface area contributed by atoms with Crippen LogP contribution in [0.25, 0.3) is 0 Å². The molecule has 0 amide bonds. The summed E-state index contributed by atoms with van der Waals surface area (Å²) in [6, 6.07) is 17.9. The molecule has 0 saturated carbocycles. The molecule has 0 atom stereocenters. The lowest BCUT2D eigenvalue weighted by Crippen LogP contribution is -1.99. The van der Waals surface area contributed by atoms with Gasteiger partial charge in [-0.05, 0) is 29.8 Å². The van der Waals surface area contributed by atoms with Crippen molar-refractivity contribution in [1.82, 2.24) is 9.78 Å². The van der Waals surface area contributed by atoms with Gasteiger partial charge in [0.25, 0.3) is 0 Å². The molecule has 0 fully saturated rings. The number of hydrogen-bond donors (Lipinski definition) is 0. The Kier molecular flexibility index (Phi) is 4.22. The highest BCUT2D eigenvalue weighted by atomic mass is 16.5. The molecule has 0 aliphatic rings. The molecular formula is C19H16N2O. The van der Waals surface area contributed by atoms with Crippen LogP contribution >= 0.6 is 0 Å². The van der Waals surface area contributed by atoms with Crippen LogP contribution in [0.5, 0.6) is 5.75 Å². The maximum atomic E-state index is 5.16.